The lowest BCUT2D eigenvalue weighted by molar-refractivity contribution is -0.896. The Morgan fingerprint density at radius 2 is 1.03 bits per heavy atom. The molecule has 0 rings (SSSR count). The minimum atomic E-state index is -4.02. The Bertz CT molecular complexity index is 510. The van der Waals surface area contributed by atoms with E-state index in [2.05, 4.69) is 19.1 Å². The normalized spacial score (nSPS) is 14.8. The van der Waals surface area contributed by atoms with Crippen molar-refractivity contribution in [2.45, 2.75) is 148 Å². The monoisotopic (exact) mass is 488 g/mol. The smallest absolute Gasteiger partial charge is 0.328 e. The summed E-state index contributed by atoms with van der Waals surface area (Å²) in [6.45, 7) is 3.99. The lowest BCUT2D eigenvalue weighted by atomic mass is 10.0. The highest BCUT2D eigenvalue weighted by molar-refractivity contribution is 7.52. The molecule has 0 amide bonds. The molecule has 0 saturated carbocycles. The fourth-order valence-electron chi connectivity index (χ4n) is 4.81. The van der Waals surface area contributed by atoms with Gasteiger partial charge in [-0.3, -0.25) is 4.57 Å². The molecule has 0 aromatic carbocycles. The van der Waals surface area contributed by atoms with Crippen LogP contribution in [0, 0.1) is 0 Å². The average molecular weight is 489 g/mol. The number of nitrogens with zero attached hydrogens (tertiary/aromatic N) is 1. The third-order valence-corrected chi connectivity index (χ3v) is 8.50. The van der Waals surface area contributed by atoms with Crippen LogP contribution in [0.2, 0.25) is 0 Å². The SMILES string of the molecule is CCCCCCCCC=CCCCCCCCCCCCCC(C(C)P(=O)(O)O)[N+](C)(C)C. The third kappa shape index (κ3) is 19.8. The van der Waals surface area contributed by atoms with E-state index in [0.717, 1.165) is 12.8 Å². The molecule has 0 aliphatic heterocycles. The van der Waals surface area contributed by atoms with Gasteiger partial charge in [-0.15, -0.1) is 0 Å². The lowest BCUT2D eigenvalue weighted by Crippen LogP contribution is -2.50. The number of hydrogen-bond donors (Lipinski definition) is 2. The highest BCUT2D eigenvalue weighted by atomic mass is 31.2. The Morgan fingerprint density at radius 3 is 1.39 bits per heavy atom. The first kappa shape index (κ1) is 32.8. The number of rotatable bonds is 23. The van der Waals surface area contributed by atoms with Crippen LogP contribution in [0.15, 0.2) is 12.2 Å². The van der Waals surface area contributed by atoms with Gasteiger partial charge >= 0.3 is 7.60 Å². The molecule has 5 heteroatoms. The molecule has 4 nitrogen and oxygen atoms in total. The van der Waals surface area contributed by atoms with E-state index < -0.39 is 13.3 Å². The van der Waals surface area contributed by atoms with Crippen LogP contribution in [0.5, 0.6) is 0 Å². The summed E-state index contributed by atoms with van der Waals surface area (Å²) in [5.41, 5.74) is -0.576. The van der Waals surface area contributed by atoms with Crippen LogP contribution in [0.3, 0.4) is 0 Å². The summed E-state index contributed by atoms with van der Waals surface area (Å²) in [5, 5.41) is 0. The molecule has 0 aromatic rings. The first-order valence-corrected chi connectivity index (χ1v) is 15.8. The largest absolute Gasteiger partial charge is 0.334 e. The Morgan fingerprint density at radius 1 is 0.667 bits per heavy atom. The van der Waals surface area contributed by atoms with Crippen molar-refractivity contribution in [1.29, 1.82) is 0 Å². The van der Waals surface area contributed by atoms with Crippen molar-refractivity contribution in [2.75, 3.05) is 21.1 Å². The summed E-state index contributed by atoms with van der Waals surface area (Å²) in [7, 11) is 2.11. The molecule has 0 fully saturated rings. The average Bonchev–Trinajstić information content (AvgIpc) is 2.73. The van der Waals surface area contributed by atoms with E-state index in [4.69, 9.17) is 0 Å². The van der Waals surface area contributed by atoms with Crippen molar-refractivity contribution in [3.63, 3.8) is 0 Å². The molecule has 0 saturated heterocycles. The van der Waals surface area contributed by atoms with Gasteiger partial charge in [-0.05, 0) is 39.0 Å². The second kappa shape index (κ2) is 20.1. The van der Waals surface area contributed by atoms with Gasteiger partial charge in [0.25, 0.3) is 0 Å². The maximum atomic E-state index is 11.7. The highest BCUT2D eigenvalue weighted by Crippen LogP contribution is 2.45. The van der Waals surface area contributed by atoms with Crippen molar-refractivity contribution in [3.05, 3.63) is 12.2 Å². The van der Waals surface area contributed by atoms with Crippen LogP contribution in [0.25, 0.3) is 0 Å². The van der Waals surface area contributed by atoms with Gasteiger partial charge in [0.2, 0.25) is 0 Å². The topological polar surface area (TPSA) is 57.5 Å². The van der Waals surface area contributed by atoms with Gasteiger partial charge in [0, 0.05) is 6.42 Å². The molecule has 2 unspecified atom stereocenters. The molecule has 0 spiro atoms. The fraction of sp³-hybridized carbons (Fsp3) is 0.929. The quantitative estimate of drug-likeness (QED) is 0.0655. The summed E-state index contributed by atoms with van der Waals surface area (Å²) in [5.74, 6) is 0. The van der Waals surface area contributed by atoms with Gasteiger partial charge in [0.1, 0.15) is 11.7 Å². The maximum absolute atomic E-state index is 11.7. The van der Waals surface area contributed by atoms with Crippen LogP contribution >= 0.6 is 7.60 Å². The maximum Gasteiger partial charge on any atom is 0.334 e. The lowest BCUT2D eigenvalue weighted by Gasteiger charge is -2.38. The molecule has 33 heavy (non-hydrogen) atoms. The minimum absolute atomic E-state index is 0.0104. The van der Waals surface area contributed by atoms with E-state index in [-0.39, 0.29) is 6.04 Å². The van der Waals surface area contributed by atoms with E-state index in [1.165, 1.54) is 109 Å². The molecule has 0 bridgehead atoms. The second-order valence-corrected chi connectivity index (χ2v) is 13.1. The molecule has 0 heterocycles. The Kier molecular flexibility index (Phi) is 20.0. The zero-order valence-electron chi connectivity index (χ0n) is 22.9. The van der Waals surface area contributed by atoms with Gasteiger partial charge in [0.05, 0.1) is 21.1 Å². The summed E-state index contributed by atoms with van der Waals surface area (Å²) >= 11 is 0. The predicted molar refractivity (Wildman–Crippen MR) is 146 cm³/mol. The summed E-state index contributed by atoms with van der Waals surface area (Å²) in [4.78, 5) is 19.2. The van der Waals surface area contributed by atoms with Crippen LogP contribution in [0.4, 0.5) is 0 Å². The van der Waals surface area contributed by atoms with Gasteiger partial charge in [-0.2, -0.15) is 0 Å². The van der Waals surface area contributed by atoms with E-state index in [0.29, 0.717) is 4.48 Å². The van der Waals surface area contributed by atoms with Crippen molar-refractivity contribution in [2.24, 2.45) is 0 Å². The summed E-state index contributed by atoms with van der Waals surface area (Å²) in [6, 6.07) is 0.0104. The first-order valence-electron chi connectivity index (χ1n) is 14.1. The summed E-state index contributed by atoms with van der Waals surface area (Å²) < 4.78 is 12.3. The Labute approximate surface area is 207 Å². The molecule has 0 aliphatic rings. The van der Waals surface area contributed by atoms with E-state index in [9.17, 15) is 14.4 Å². The van der Waals surface area contributed by atoms with Crippen molar-refractivity contribution in [3.8, 4) is 0 Å². The zero-order chi connectivity index (χ0) is 25.0. The third-order valence-electron chi connectivity index (χ3n) is 7.09. The van der Waals surface area contributed by atoms with Crippen molar-refractivity contribution >= 4 is 7.60 Å². The van der Waals surface area contributed by atoms with Crippen LogP contribution < -0.4 is 0 Å². The van der Waals surface area contributed by atoms with Crippen LogP contribution in [0.1, 0.15) is 136 Å². The van der Waals surface area contributed by atoms with Gasteiger partial charge in [-0.1, -0.05) is 103 Å². The molecule has 0 aromatic heterocycles. The van der Waals surface area contributed by atoms with E-state index >= 15 is 0 Å². The van der Waals surface area contributed by atoms with Crippen LogP contribution in [-0.4, -0.2) is 47.1 Å². The minimum Gasteiger partial charge on any atom is -0.328 e. The standard InChI is InChI=1S/C28H58NO3P/c1-6-7-8-9-10-11-12-13-14-15-16-17-18-19-20-21-22-23-24-25-26-28(29(3,4)5)27(2)33(30,31)32/h13-14,27-28H,6-12,15-26H2,1-5H3,(H-,30,31,32)/p+1. The van der Waals surface area contributed by atoms with E-state index in [1.807, 2.05) is 21.1 Å². The van der Waals surface area contributed by atoms with Crippen molar-refractivity contribution in [1.82, 2.24) is 0 Å². The molecule has 2 atom stereocenters. The predicted octanol–water partition coefficient (Wildman–Crippen LogP) is 8.62. The zero-order valence-corrected chi connectivity index (χ0v) is 23.8. The molecule has 198 valence electrons. The number of unbranched alkanes of at least 4 members (excludes halogenated alkanes) is 16. The Hall–Kier alpha value is -0.150. The molecular formula is C28H59NO3P+. The van der Waals surface area contributed by atoms with Gasteiger partial charge in [0.15, 0.2) is 0 Å². The number of quaternary nitrogens is 1. The molecule has 2 N–H and O–H groups in total. The molecule has 0 aliphatic carbocycles. The van der Waals surface area contributed by atoms with E-state index in [1.54, 1.807) is 6.92 Å². The second-order valence-electron chi connectivity index (χ2n) is 11.2. The fourth-order valence-corrected chi connectivity index (χ4v) is 5.81. The summed E-state index contributed by atoms with van der Waals surface area (Å²) in [6.07, 6.45) is 29.5. The Balaban J connectivity index is 3.54. The van der Waals surface area contributed by atoms with Crippen molar-refractivity contribution < 1.29 is 18.8 Å². The molecular weight excluding hydrogens is 429 g/mol. The number of allylic oxidation sites excluding steroid dienone is 2. The first-order chi connectivity index (χ1) is 15.6. The highest BCUT2D eigenvalue weighted by Gasteiger charge is 2.39. The van der Waals surface area contributed by atoms with Gasteiger partial charge in [-0.25, -0.2) is 0 Å². The number of hydrogen-bond acceptors (Lipinski definition) is 1. The van der Waals surface area contributed by atoms with Crippen LogP contribution in [-0.2, 0) is 4.57 Å². The molecule has 0 radical (unpaired) electrons. The van der Waals surface area contributed by atoms with Gasteiger partial charge < -0.3 is 14.3 Å².